The quantitative estimate of drug-likeness (QED) is 0.143. The SMILES string of the molecule is Cc1cc2cccc3c2n1-c1ccc(-c2c4ccccc4c(-c4cc5ccccc5c5ccccc45)c4ccccc24)cc1S3. The summed E-state index contributed by atoms with van der Waals surface area (Å²) in [6, 6.07) is 54.1. The van der Waals surface area contributed by atoms with Gasteiger partial charge in [0.1, 0.15) is 0 Å². The Morgan fingerprint density at radius 2 is 1.04 bits per heavy atom. The summed E-state index contributed by atoms with van der Waals surface area (Å²) < 4.78 is 2.43. The number of fused-ring (bicyclic) bond motifs is 7. The molecule has 1 aromatic heterocycles. The third kappa shape index (κ3) is 3.52. The summed E-state index contributed by atoms with van der Waals surface area (Å²) in [5.74, 6) is 0. The summed E-state index contributed by atoms with van der Waals surface area (Å²) in [7, 11) is 0. The number of para-hydroxylation sites is 1. The zero-order chi connectivity index (χ0) is 29.6. The van der Waals surface area contributed by atoms with Gasteiger partial charge in [0.2, 0.25) is 0 Å². The molecule has 1 aliphatic rings. The molecule has 2 heteroatoms. The third-order valence-corrected chi connectivity index (χ3v) is 10.7. The van der Waals surface area contributed by atoms with E-state index in [1.165, 1.54) is 97.4 Å². The van der Waals surface area contributed by atoms with E-state index in [0.717, 1.165) is 0 Å². The lowest BCUT2D eigenvalue weighted by Crippen LogP contribution is -2.03. The molecule has 1 aliphatic heterocycles. The first-order valence-corrected chi connectivity index (χ1v) is 16.3. The fourth-order valence-electron chi connectivity index (χ4n) is 7.80. The number of aryl methyl sites for hydroxylation is 1. The molecule has 0 radical (unpaired) electrons. The zero-order valence-electron chi connectivity index (χ0n) is 24.7. The molecular formula is C43H27NS. The Hall–Kier alpha value is -5.31. The van der Waals surface area contributed by atoms with Gasteiger partial charge in [-0.05, 0) is 103 Å². The van der Waals surface area contributed by atoms with Crippen LogP contribution in [0.1, 0.15) is 5.69 Å². The molecule has 9 aromatic rings. The minimum absolute atomic E-state index is 1.25. The average molecular weight is 590 g/mol. The van der Waals surface area contributed by atoms with Crippen molar-refractivity contribution in [3.63, 3.8) is 0 Å². The predicted octanol–water partition coefficient (Wildman–Crippen LogP) is 12.4. The summed E-state index contributed by atoms with van der Waals surface area (Å²) in [5.41, 5.74) is 9.00. The van der Waals surface area contributed by atoms with Gasteiger partial charge in [-0.2, -0.15) is 0 Å². The first kappa shape index (κ1) is 25.1. The van der Waals surface area contributed by atoms with Gasteiger partial charge < -0.3 is 4.57 Å². The van der Waals surface area contributed by atoms with Crippen LogP contribution in [0.3, 0.4) is 0 Å². The Kier molecular flexibility index (Phi) is 5.20. The average Bonchev–Trinajstić information content (AvgIpc) is 3.43. The minimum atomic E-state index is 1.25. The molecule has 0 amide bonds. The van der Waals surface area contributed by atoms with Crippen molar-refractivity contribution in [3.05, 3.63) is 151 Å². The van der Waals surface area contributed by atoms with Gasteiger partial charge in [-0.25, -0.2) is 0 Å². The number of aromatic nitrogens is 1. The Morgan fingerprint density at radius 1 is 0.444 bits per heavy atom. The van der Waals surface area contributed by atoms with Gasteiger partial charge in [-0.1, -0.05) is 127 Å². The Balaban J connectivity index is 1.29. The van der Waals surface area contributed by atoms with Crippen LogP contribution in [0.4, 0.5) is 0 Å². The molecule has 210 valence electrons. The van der Waals surface area contributed by atoms with Crippen molar-refractivity contribution in [1.29, 1.82) is 0 Å². The molecule has 2 heterocycles. The summed E-state index contributed by atoms with van der Waals surface area (Å²) in [6.07, 6.45) is 0. The van der Waals surface area contributed by atoms with E-state index in [4.69, 9.17) is 0 Å². The van der Waals surface area contributed by atoms with Crippen LogP contribution in [0.2, 0.25) is 0 Å². The van der Waals surface area contributed by atoms with Crippen molar-refractivity contribution in [2.24, 2.45) is 0 Å². The standard InChI is InChI=1S/C43H27NS/c1-26-23-29-12-10-20-39-43(29)44(26)38-22-21-28(25-40(38)45-39)41-33-16-6-8-18-35(33)42(36-19-9-7-17-34(36)41)37-24-27-11-2-3-13-30(27)31-14-4-5-15-32(31)37/h2-25H,1H3. The van der Waals surface area contributed by atoms with Gasteiger partial charge in [0.15, 0.2) is 0 Å². The lowest BCUT2D eigenvalue weighted by molar-refractivity contribution is 1.00. The van der Waals surface area contributed by atoms with E-state index in [9.17, 15) is 0 Å². The van der Waals surface area contributed by atoms with Gasteiger partial charge in [-0.15, -0.1) is 0 Å². The van der Waals surface area contributed by atoms with E-state index >= 15 is 0 Å². The Labute approximate surface area is 265 Å². The van der Waals surface area contributed by atoms with Gasteiger partial charge in [0.05, 0.1) is 11.2 Å². The molecular weight excluding hydrogens is 563 g/mol. The number of hydrogen-bond donors (Lipinski definition) is 0. The molecule has 1 nitrogen and oxygen atoms in total. The fraction of sp³-hybridized carbons (Fsp3) is 0.0233. The third-order valence-electron chi connectivity index (χ3n) is 9.65. The monoisotopic (exact) mass is 589 g/mol. The molecule has 0 unspecified atom stereocenters. The van der Waals surface area contributed by atoms with Crippen molar-refractivity contribution in [3.8, 4) is 27.9 Å². The normalized spacial score (nSPS) is 12.5. The number of rotatable bonds is 2. The van der Waals surface area contributed by atoms with Crippen molar-refractivity contribution >= 4 is 65.8 Å². The summed E-state index contributed by atoms with van der Waals surface area (Å²) in [5, 5.41) is 11.6. The summed E-state index contributed by atoms with van der Waals surface area (Å²) in [6.45, 7) is 2.22. The molecule has 0 spiro atoms. The number of nitrogens with zero attached hydrogens (tertiary/aromatic N) is 1. The molecule has 10 rings (SSSR count). The second-order valence-electron chi connectivity index (χ2n) is 12.1. The maximum Gasteiger partial charge on any atom is 0.0671 e. The first-order valence-electron chi connectivity index (χ1n) is 15.5. The van der Waals surface area contributed by atoms with E-state index in [-0.39, 0.29) is 0 Å². The molecule has 0 fully saturated rings. The lowest BCUT2D eigenvalue weighted by atomic mass is 9.84. The molecule has 8 aromatic carbocycles. The van der Waals surface area contributed by atoms with Crippen LogP contribution in [-0.4, -0.2) is 4.57 Å². The van der Waals surface area contributed by atoms with E-state index in [1.54, 1.807) is 0 Å². The highest BCUT2D eigenvalue weighted by Crippen LogP contribution is 2.49. The van der Waals surface area contributed by atoms with Crippen LogP contribution < -0.4 is 0 Å². The number of hydrogen-bond acceptors (Lipinski definition) is 1. The van der Waals surface area contributed by atoms with Crippen molar-refractivity contribution in [2.75, 3.05) is 0 Å². The predicted molar refractivity (Wildman–Crippen MR) is 193 cm³/mol. The summed E-state index contributed by atoms with van der Waals surface area (Å²) >= 11 is 1.89. The van der Waals surface area contributed by atoms with Crippen molar-refractivity contribution in [2.45, 2.75) is 16.7 Å². The van der Waals surface area contributed by atoms with Gasteiger partial charge in [0.25, 0.3) is 0 Å². The zero-order valence-corrected chi connectivity index (χ0v) is 25.5. The first-order chi connectivity index (χ1) is 22.2. The largest absolute Gasteiger partial charge is 0.312 e. The van der Waals surface area contributed by atoms with E-state index in [2.05, 4.69) is 157 Å². The van der Waals surface area contributed by atoms with E-state index in [1.807, 2.05) is 11.8 Å². The maximum absolute atomic E-state index is 2.43. The highest BCUT2D eigenvalue weighted by Gasteiger charge is 2.23. The summed E-state index contributed by atoms with van der Waals surface area (Å²) in [4.78, 5) is 2.61. The van der Waals surface area contributed by atoms with Crippen LogP contribution >= 0.6 is 11.8 Å². The highest BCUT2D eigenvalue weighted by molar-refractivity contribution is 7.99. The second kappa shape index (κ2) is 9.34. The van der Waals surface area contributed by atoms with Gasteiger partial charge in [0, 0.05) is 20.9 Å². The molecule has 0 bridgehead atoms. The van der Waals surface area contributed by atoms with E-state index in [0.29, 0.717) is 0 Å². The van der Waals surface area contributed by atoms with Crippen LogP contribution in [0, 0.1) is 6.92 Å². The number of benzene rings is 8. The molecule has 0 atom stereocenters. The topological polar surface area (TPSA) is 4.93 Å². The lowest BCUT2D eigenvalue weighted by Gasteiger charge is -2.23. The second-order valence-corrected chi connectivity index (χ2v) is 13.2. The van der Waals surface area contributed by atoms with Crippen LogP contribution in [0.5, 0.6) is 0 Å². The van der Waals surface area contributed by atoms with Crippen LogP contribution in [0.25, 0.3) is 81.9 Å². The van der Waals surface area contributed by atoms with Crippen molar-refractivity contribution < 1.29 is 0 Å². The fourth-order valence-corrected chi connectivity index (χ4v) is 8.94. The molecule has 0 aliphatic carbocycles. The molecule has 0 saturated heterocycles. The maximum atomic E-state index is 2.43. The van der Waals surface area contributed by atoms with Crippen LogP contribution in [0.15, 0.2) is 155 Å². The van der Waals surface area contributed by atoms with Gasteiger partial charge in [-0.3, -0.25) is 0 Å². The Morgan fingerprint density at radius 3 is 1.78 bits per heavy atom. The molecule has 45 heavy (non-hydrogen) atoms. The Bertz CT molecular complexity index is 2640. The van der Waals surface area contributed by atoms with E-state index < -0.39 is 0 Å². The highest BCUT2D eigenvalue weighted by atomic mass is 32.2. The molecule has 0 saturated carbocycles. The van der Waals surface area contributed by atoms with Gasteiger partial charge >= 0.3 is 0 Å². The minimum Gasteiger partial charge on any atom is -0.312 e. The molecule has 0 N–H and O–H groups in total. The van der Waals surface area contributed by atoms with Crippen molar-refractivity contribution in [1.82, 2.24) is 4.57 Å². The smallest absolute Gasteiger partial charge is 0.0671 e. The van der Waals surface area contributed by atoms with Crippen LogP contribution in [-0.2, 0) is 0 Å².